The van der Waals surface area contributed by atoms with Crippen molar-refractivity contribution >= 4 is 51.9 Å². The third-order valence-electron chi connectivity index (χ3n) is 5.18. The summed E-state index contributed by atoms with van der Waals surface area (Å²) in [6, 6.07) is 4.88. The minimum absolute atomic E-state index is 0.0460. The van der Waals surface area contributed by atoms with Crippen LogP contribution in [0.1, 0.15) is 28.9 Å². The van der Waals surface area contributed by atoms with Crippen molar-refractivity contribution in [2.24, 2.45) is 0 Å². The first kappa shape index (κ1) is 25.5. The molecule has 3 aromatic rings. The lowest BCUT2D eigenvalue weighted by molar-refractivity contribution is -0.383. The monoisotopic (exact) mass is 498 g/mol. The molecule has 0 spiro atoms. The molecule has 1 aromatic carbocycles. The van der Waals surface area contributed by atoms with Gasteiger partial charge in [-0.15, -0.1) is 0 Å². The van der Waals surface area contributed by atoms with Gasteiger partial charge >= 0.3 is 17.6 Å². The van der Waals surface area contributed by atoms with Crippen LogP contribution >= 0.6 is 0 Å². The number of nitrogen functional groups attached to an aromatic ring is 2. The molecule has 188 valence electrons. The van der Waals surface area contributed by atoms with Gasteiger partial charge in [-0.1, -0.05) is 0 Å². The number of nitro groups is 1. The molecule has 15 nitrogen and oxygen atoms in total. The van der Waals surface area contributed by atoms with Crippen molar-refractivity contribution < 1.29 is 29.5 Å². The predicted octanol–water partition coefficient (Wildman–Crippen LogP) is 0.782. The number of amides is 1. The summed E-state index contributed by atoms with van der Waals surface area (Å²) in [5.74, 6) is -3.52. The van der Waals surface area contributed by atoms with Gasteiger partial charge in [0.05, 0.1) is 23.4 Å². The first-order chi connectivity index (χ1) is 17.0. The molecule has 0 saturated carbocycles. The van der Waals surface area contributed by atoms with Crippen molar-refractivity contribution in [3.8, 4) is 0 Å². The van der Waals surface area contributed by atoms with Crippen LogP contribution in [0.15, 0.2) is 30.5 Å². The lowest BCUT2D eigenvalue weighted by Crippen LogP contribution is -2.41. The second kappa shape index (κ2) is 10.5. The summed E-state index contributed by atoms with van der Waals surface area (Å²) in [6.07, 6.45) is 0.780. The van der Waals surface area contributed by atoms with E-state index in [-0.39, 0.29) is 41.2 Å². The summed E-state index contributed by atoms with van der Waals surface area (Å²) in [5, 5.41) is 31.5. The molecule has 0 bridgehead atoms. The fraction of sp³-hybridized carbons (Fsp3) is 0.238. The Kier molecular flexibility index (Phi) is 7.42. The first-order valence-electron chi connectivity index (χ1n) is 10.4. The van der Waals surface area contributed by atoms with Crippen LogP contribution in [0.3, 0.4) is 0 Å². The minimum Gasteiger partial charge on any atom is -0.481 e. The number of nitrogens with zero attached hydrogens (tertiary/aromatic N) is 5. The van der Waals surface area contributed by atoms with E-state index >= 15 is 0 Å². The molecular weight excluding hydrogens is 476 g/mol. The van der Waals surface area contributed by atoms with Crippen LogP contribution in [0.5, 0.6) is 0 Å². The molecule has 0 fully saturated rings. The maximum atomic E-state index is 12.4. The van der Waals surface area contributed by atoms with Crippen LogP contribution < -0.4 is 21.7 Å². The van der Waals surface area contributed by atoms with E-state index in [9.17, 15) is 29.6 Å². The van der Waals surface area contributed by atoms with E-state index in [1.54, 1.807) is 24.1 Å². The molecule has 0 saturated heterocycles. The van der Waals surface area contributed by atoms with Gasteiger partial charge in [0.15, 0.2) is 5.65 Å². The number of fused-ring (bicyclic) bond motifs is 1. The highest BCUT2D eigenvalue weighted by molar-refractivity contribution is 5.97. The number of hydrogen-bond donors (Lipinski definition) is 5. The third kappa shape index (κ3) is 5.69. The summed E-state index contributed by atoms with van der Waals surface area (Å²) in [6.45, 7) is 0.225. The molecule has 1 amide bonds. The van der Waals surface area contributed by atoms with Gasteiger partial charge in [0.1, 0.15) is 17.2 Å². The van der Waals surface area contributed by atoms with Crippen molar-refractivity contribution in [2.45, 2.75) is 25.4 Å². The van der Waals surface area contributed by atoms with E-state index in [0.29, 0.717) is 11.4 Å². The van der Waals surface area contributed by atoms with Crippen molar-refractivity contribution in [2.75, 3.05) is 23.4 Å². The van der Waals surface area contributed by atoms with E-state index in [2.05, 4.69) is 20.3 Å². The van der Waals surface area contributed by atoms with Gasteiger partial charge < -0.3 is 31.9 Å². The highest BCUT2D eigenvalue weighted by Crippen LogP contribution is 2.32. The zero-order valence-corrected chi connectivity index (χ0v) is 18.9. The first-order valence-corrected chi connectivity index (χ1v) is 10.4. The van der Waals surface area contributed by atoms with E-state index in [1.165, 1.54) is 18.3 Å². The standard InChI is InChI=1S/C21H22N8O7/c1-28(9-11-8-24-19-16(25-11)15(22)17(29(35)36)18(23)27-19)12-4-2-10(3-5-12)20(32)26-13(21(33)34)6-7-14(30)31/h2-5,8,13H,6-7,9H2,1H3,(H,26,32)(H,30,31)(H,33,34)(H4,22,23,24,27)/t13-/m0/s1. The zero-order valence-electron chi connectivity index (χ0n) is 18.9. The lowest BCUT2D eigenvalue weighted by Gasteiger charge is -2.19. The molecule has 0 aliphatic rings. The fourth-order valence-electron chi connectivity index (χ4n) is 3.34. The molecule has 0 unspecified atom stereocenters. The molecule has 2 aromatic heterocycles. The quantitative estimate of drug-likeness (QED) is 0.192. The summed E-state index contributed by atoms with van der Waals surface area (Å²) < 4.78 is 0. The summed E-state index contributed by atoms with van der Waals surface area (Å²) in [4.78, 5) is 59.0. The Hall–Kier alpha value is -5.08. The van der Waals surface area contributed by atoms with E-state index in [4.69, 9.17) is 16.6 Å². The van der Waals surface area contributed by atoms with Crippen molar-refractivity contribution in [1.82, 2.24) is 20.3 Å². The van der Waals surface area contributed by atoms with Crippen LogP contribution in [0.4, 0.5) is 22.9 Å². The number of rotatable bonds is 10. The topological polar surface area (TPSA) is 241 Å². The normalized spacial score (nSPS) is 11.6. The predicted molar refractivity (Wildman–Crippen MR) is 127 cm³/mol. The molecule has 36 heavy (non-hydrogen) atoms. The molecule has 2 heterocycles. The van der Waals surface area contributed by atoms with E-state index < -0.39 is 40.9 Å². The summed E-state index contributed by atoms with van der Waals surface area (Å²) in [7, 11) is 1.74. The van der Waals surface area contributed by atoms with Crippen LogP contribution in [-0.2, 0) is 16.1 Å². The molecule has 0 aliphatic carbocycles. The number of anilines is 3. The van der Waals surface area contributed by atoms with Gasteiger partial charge in [-0.05, 0) is 30.7 Å². The Bertz CT molecular complexity index is 1350. The molecule has 0 radical (unpaired) electrons. The van der Waals surface area contributed by atoms with Gasteiger partial charge in [0.2, 0.25) is 5.82 Å². The van der Waals surface area contributed by atoms with Gasteiger partial charge in [0, 0.05) is 24.7 Å². The van der Waals surface area contributed by atoms with E-state index in [1.807, 2.05) is 0 Å². The number of carboxylic acids is 2. The SMILES string of the molecule is CN(Cc1cnc2nc(N)c([N+](=O)[O-])c(N)c2n1)c1ccc(C(=O)N[C@@H](CCC(=O)O)C(=O)O)cc1. The highest BCUT2D eigenvalue weighted by Gasteiger charge is 2.24. The molecule has 0 aliphatic heterocycles. The number of nitrogens with one attached hydrogen (secondary N) is 1. The second-order valence-electron chi connectivity index (χ2n) is 7.75. The molecule has 3 rings (SSSR count). The van der Waals surface area contributed by atoms with Crippen molar-refractivity contribution in [1.29, 1.82) is 0 Å². The number of aliphatic carboxylic acids is 2. The number of pyridine rings is 1. The Morgan fingerprint density at radius 2 is 1.83 bits per heavy atom. The average Bonchev–Trinajstić information content (AvgIpc) is 2.81. The summed E-state index contributed by atoms with van der Waals surface area (Å²) >= 11 is 0. The van der Waals surface area contributed by atoms with Crippen LogP contribution in [0.2, 0.25) is 0 Å². The third-order valence-corrected chi connectivity index (χ3v) is 5.18. The number of carbonyl (C=O) groups is 3. The molecular formula is C21H22N8O7. The van der Waals surface area contributed by atoms with Crippen LogP contribution in [-0.4, -0.2) is 61.0 Å². The largest absolute Gasteiger partial charge is 0.481 e. The van der Waals surface area contributed by atoms with Gasteiger partial charge in [-0.2, -0.15) is 0 Å². The average molecular weight is 498 g/mol. The lowest BCUT2D eigenvalue weighted by atomic mass is 10.1. The Labute approximate surface area is 202 Å². The fourth-order valence-corrected chi connectivity index (χ4v) is 3.34. The minimum atomic E-state index is -1.34. The number of hydrogen-bond acceptors (Lipinski definition) is 11. The van der Waals surface area contributed by atoms with Gasteiger partial charge in [-0.3, -0.25) is 19.7 Å². The Morgan fingerprint density at radius 1 is 1.17 bits per heavy atom. The zero-order chi connectivity index (χ0) is 26.6. The number of carboxylic acid groups (broad SMARTS) is 2. The summed E-state index contributed by atoms with van der Waals surface area (Å²) in [5.41, 5.74) is 12.1. The smallest absolute Gasteiger partial charge is 0.336 e. The van der Waals surface area contributed by atoms with Crippen LogP contribution in [0, 0.1) is 10.1 Å². The number of nitrogens with two attached hydrogens (primary N) is 2. The maximum absolute atomic E-state index is 12.4. The second-order valence-corrected chi connectivity index (χ2v) is 7.75. The van der Waals surface area contributed by atoms with Crippen LogP contribution in [0.25, 0.3) is 11.2 Å². The Balaban J connectivity index is 1.73. The van der Waals surface area contributed by atoms with Gasteiger partial charge in [0.25, 0.3) is 5.91 Å². The Morgan fingerprint density at radius 3 is 2.42 bits per heavy atom. The number of aromatic nitrogens is 3. The number of benzene rings is 1. The molecule has 15 heteroatoms. The molecule has 1 atom stereocenters. The van der Waals surface area contributed by atoms with Gasteiger partial charge in [-0.25, -0.2) is 19.7 Å². The molecule has 7 N–H and O–H groups in total. The van der Waals surface area contributed by atoms with Crippen molar-refractivity contribution in [3.63, 3.8) is 0 Å². The number of carbonyl (C=O) groups excluding carboxylic acids is 1. The van der Waals surface area contributed by atoms with Crippen molar-refractivity contribution in [3.05, 3.63) is 51.8 Å². The highest BCUT2D eigenvalue weighted by atomic mass is 16.6. The maximum Gasteiger partial charge on any atom is 0.336 e. The van der Waals surface area contributed by atoms with E-state index in [0.717, 1.165) is 0 Å².